The molecule has 0 saturated heterocycles. The van der Waals surface area contributed by atoms with Crippen LogP contribution in [0.4, 0.5) is 0 Å². The number of carbonyl (C=O) groups is 1. The quantitative estimate of drug-likeness (QED) is 0.865. The van der Waals surface area contributed by atoms with E-state index < -0.39 is 0 Å². The number of carbonyl (C=O) groups excluding carboxylic acids is 1. The zero-order valence-corrected chi connectivity index (χ0v) is 13.3. The highest BCUT2D eigenvalue weighted by Crippen LogP contribution is 2.38. The van der Waals surface area contributed by atoms with Crippen LogP contribution in [0.5, 0.6) is 17.2 Å². The number of ether oxygens (including phenoxy) is 3. The van der Waals surface area contributed by atoms with Gasteiger partial charge in [-0.2, -0.15) is 0 Å². The molecular formula is C16H24N2O4. The summed E-state index contributed by atoms with van der Waals surface area (Å²) in [4.78, 5) is 12.4. The number of benzene rings is 1. The summed E-state index contributed by atoms with van der Waals surface area (Å²) >= 11 is 0. The Hall–Kier alpha value is -1.95. The van der Waals surface area contributed by atoms with Gasteiger partial charge in [-0.05, 0) is 37.8 Å². The molecule has 1 aromatic rings. The molecule has 0 heterocycles. The van der Waals surface area contributed by atoms with Crippen molar-refractivity contribution in [2.24, 2.45) is 5.73 Å². The fraction of sp³-hybridized carbons (Fsp3) is 0.562. The fourth-order valence-electron chi connectivity index (χ4n) is 2.74. The molecule has 1 amide bonds. The Kier molecular flexibility index (Phi) is 5.49. The van der Waals surface area contributed by atoms with Gasteiger partial charge in [0.25, 0.3) is 5.91 Å². The predicted octanol–water partition coefficient (Wildman–Crippen LogP) is 1.71. The highest BCUT2D eigenvalue weighted by atomic mass is 16.5. The number of methoxy groups -OCH3 is 3. The van der Waals surface area contributed by atoms with Crippen LogP contribution < -0.4 is 25.3 Å². The van der Waals surface area contributed by atoms with Crippen LogP contribution in [-0.4, -0.2) is 39.3 Å². The van der Waals surface area contributed by atoms with E-state index in [2.05, 4.69) is 5.32 Å². The van der Waals surface area contributed by atoms with Gasteiger partial charge in [0.05, 0.1) is 21.3 Å². The van der Waals surface area contributed by atoms with E-state index >= 15 is 0 Å². The lowest BCUT2D eigenvalue weighted by Gasteiger charge is -2.27. The van der Waals surface area contributed by atoms with Crippen molar-refractivity contribution in [1.82, 2.24) is 5.32 Å². The third-order valence-corrected chi connectivity index (χ3v) is 4.03. The van der Waals surface area contributed by atoms with Crippen molar-refractivity contribution in [1.29, 1.82) is 0 Å². The number of hydrogen-bond acceptors (Lipinski definition) is 5. The molecule has 0 spiro atoms. The molecule has 22 heavy (non-hydrogen) atoms. The largest absolute Gasteiger partial charge is 0.493 e. The van der Waals surface area contributed by atoms with Crippen LogP contribution in [0.15, 0.2) is 12.1 Å². The third kappa shape index (κ3) is 3.62. The van der Waals surface area contributed by atoms with Gasteiger partial charge in [-0.25, -0.2) is 0 Å². The van der Waals surface area contributed by atoms with Crippen molar-refractivity contribution in [3.8, 4) is 17.2 Å². The van der Waals surface area contributed by atoms with E-state index in [9.17, 15) is 4.79 Å². The van der Waals surface area contributed by atoms with E-state index in [1.165, 1.54) is 21.3 Å². The first-order valence-electron chi connectivity index (χ1n) is 7.45. The van der Waals surface area contributed by atoms with Crippen molar-refractivity contribution >= 4 is 5.91 Å². The minimum atomic E-state index is -0.139. The molecule has 122 valence electrons. The van der Waals surface area contributed by atoms with Crippen LogP contribution in [0.2, 0.25) is 0 Å². The van der Waals surface area contributed by atoms with Crippen LogP contribution in [0.3, 0.4) is 0 Å². The zero-order chi connectivity index (χ0) is 16.1. The molecule has 1 aliphatic carbocycles. The summed E-state index contributed by atoms with van der Waals surface area (Å²) in [5, 5.41) is 3.05. The van der Waals surface area contributed by atoms with E-state index in [1.807, 2.05) is 0 Å². The number of rotatable bonds is 5. The summed E-state index contributed by atoms with van der Waals surface area (Å²) in [6.45, 7) is 0. The predicted molar refractivity (Wildman–Crippen MR) is 83.8 cm³/mol. The van der Waals surface area contributed by atoms with Gasteiger partial charge in [0.15, 0.2) is 11.5 Å². The van der Waals surface area contributed by atoms with Crippen LogP contribution in [0, 0.1) is 0 Å². The van der Waals surface area contributed by atoms with Gasteiger partial charge >= 0.3 is 0 Å². The molecule has 0 radical (unpaired) electrons. The Morgan fingerprint density at radius 1 is 1.05 bits per heavy atom. The molecule has 3 N–H and O–H groups in total. The normalized spacial score (nSPS) is 21.1. The third-order valence-electron chi connectivity index (χ3n) is 4.03. The molecule has 0 aromatic heterocycles. The van der Waals surface area contributed by atoms with Crippen LogP contribution in [0.25, 0.3) is 0 Å². The van der Waals surface area contributed by atoms with E-state index in [4.69, 9.17) is 19.9 Å². The lowest BCUT2D eigenvalue weighted by atomic mass is 9.91. The fourth-order valence-corrected chi connectivity index (χ4v) is 2.74. The van der Waals surface area contributed by atoms with Gasteiger partial charge in [0.2, 0.25) is 5.75 Å². The summed E-state index contributed by atoms with van der Waals surface area (Å²) < 4.78 is 15.8. The monoisotopic (exact) mass is 308 g/mol. The highest BCUT2D eigenvalue weighted by Gasteiger charge is 2.22. The van der Waals surface area contributed by atoms with Gasteiger partial charge in [0.1, 0.15) is 0 Å². The summed E-state index contributed by atoms with van der Waals surface area (Å²) in [7, 11) is 4.59. The lowest BCUT2D eigenvalue weighted by Crippen LogP contribution is -2.40. The minimum Gasteiger partial charge on any atom is -0.493 e. The Morgan fingerprint density at radius 2 is 1.59 bits per heavy atom. The molecule has 6 nitrogen and oxygen atoms in total. The maximum atomic E-state index is 12.4. The van der Waals surface area contributed by atoms with Crippen molar-refractivity contribution in [3.05, 3.63) is 17.7 Å². The van der Waals surface area contributed by atoms with Gasteiger partial charge in [-0.3, -0.25) is 4.79 Å². The van der Waals surface area contributed by atoms with E-state index in [0.29, 0.717) is 22.8 Å². The summed E-state index contributed by atoms with van der Waals surface area (Å²) in [6, 6.07) is 3.75. The standard InChI is InChI=1S/C16H24N2O4/c1-20-13-8-10(9-14(21-2)15(13)22-3)16(19)18-12-6-4-11(17)5-7-12/h8-9,11-12H,4-7,17H2,1-3H3,(H,18,19). The molecule has 1 saturated carbocycles. The van der Waals surface area contributed by atoms with Crippen LogP contribution >= 0.6 is 0 Å². The SMILES string of the molecule is COc1cc(C(=O)NC2CCC(N)CC2)cc(OC)c1OC. The molecule has 1 aliphatic rings. The first-order chi connectivity index (χ1) is 10.6. The summed E-state index contributed by atoms with van der Waals surface area (Å²) in [5.41, 5.74) is 6.38. The van der Waals surface area contributed by atoms with Gasteiger partial charge < -0.3 is 25.3 Å². The second-order valence-electron chi connectivity index (χ2n) is 5.50. The molecule has 0 bridgehead atoms. The first kappa shape index (κ1) is 16.4. The molecule has 0 aliphatic heterocycles. The highest BCUT2D eigenvalue weighted by molar-refractivity contribution is 5.95. The first-order valence-corrected chi connectivity index (χ1v) is 7.45. The summed E-state index contributed by atoms with van der Waals surface area (Å²) in [6.07, 6.45) is 3.72. The Labute approximate surface area is 130 Å². The van der Waals surface area contributed by atoms with Crippen molar-refractivity contribution < 1.29 is 19.0 Å². The second kappa shape index (κ2) is 7.35. The number of nitrogens with two attached hydrogens (primary N) is 1. The average Bonchev–Trinajstić information content (AvgIpc) is 2.55. The molecule has 1 aromatic carbocycles. The zero-order valence-electron chi connectivity index (χ0n) is 13.3. The molecule has 6 heteroatoms. The topological polar surface area (TPSA) is 82.8 Å². The van der Waals surface area contributed by atoms with Crippen molar-refractivity contribution in [2.45, 2.75) is 37.8 Å². The van der Waals surface area contributed by atoms with Crippen LogP contribution in [0.1, 0.15) is 36.0 Å². The molecule has 0 unspecified atom stereocenters. The lowest BCUT2D eigenvalue weighted by molar-refractivity contribution is 0.0925. The van der Waals surface area contributed by atoms with E-state index in [-0.39, 0.29) is 18.0 Å². The second-order valence-corrected chi connectivity index (χ2v) is 5.50. The number of hydrogen-bond donors (Lipinski definition) is 2. The van der Waals surface area contributed by atoms with E-state index in [0.717, 1.165) is 25.7 Å². The Morgan fingerprint density at radius 3 is 2.05 bits per heavy atom. The molecule has 1 fully saturated rings. The van der Waals surface area contributed by atoms with Gasteiger partial charge in [-0.1, -0.05) is 0 Å². The van der Waals surface area contributed by atoms with Crippen LogP contribution in [-0.2, 0) is 0 Å². The maximum absolute atomic E-state index is 12.4. The number of amides is 1. The summed E-state index contributed by atoms with van der Waals surface area (Å²) in [5.74, 6) is 1.28. The minimum absolute atomic E-state index is 0.139. The van der Waals surface area contributed by atoms with Gasteiger partial charge in [0, 0.05) is 17.6 Å². The molecule has 0 atom stereocenters. The van der Waals surface area contributed by atoms with Gasteiger partial charge in [-0.15, -0.1) is 0 Å². The Balaban J connectivity index is 2.15. The Bertz CT molecular complexity index is 500. The van der Waals surface area contributed by atoms with E-state index in [1.54, 1.807) is 12.1 Å². The van der Waals surface area contributed by atoms with Crippen molar-refractivity contribution in [2.75, 3.05) is 21.3 Å². The molecular weight excluding hydrogens is 284 g/mol. The average molecular weight is 308 g/mol. The van der Waals surface area contributed by atoms with Crippen molar-refractivity contribution in [3.63, 3.8) is 0 Å². The molecule has 2 rings (SSSR count). The maximum Gasteiger partial charge on any atom is 0.251 e. The number of nitrogens with one attached hydrogen (secondary N) is 1. The smallest absolute Gasteiger partial charge is 0.251 e.